The predicted molar refractivity (Wildman–Crippen MR) is 137 cm³/mol. The number of nitrogens with zero attached hydrogens (tertiary/aromatic N) is 1. The smallest absolute Gasteiger partial charge is 0.248 e. The van der Waals surface area contributed by atoms with Crippen molar-refractivity contribution in [2.24, 2.45) is 0 Å². The van der Waals surface area contributed by atoms with Crippen molar-refractivity contribution in [3.05, 3.63) is 96.8 Å². The van der Waals surface area contributed by atoms with E-state index in [2.05, 4.69) is 29.4 Å². The summed E-state index contributed by atoms with van der Waals surface area (Å²) in [5.74, 6) is 0.689. The molecule has 4 heteroatoms. The Kier molecular flexibility index (Phi) is 9.46. The molecule has 3 rings (SSSR count). The third kappa shape index (κ3) is 7.76. The number of carbonyl (C=O) groups is 1. The predicted octanol–water partition coefficient (Wildman–Crippen LogP) is 7.31. The molecule has 0 aliphatic rings. The molecule has 33 heavy (non-hydrogen) atoms. The Labute approximate surface area is 197 Å². The van der Waals surface area contributed by atoms with Crippen molar-refractivity contribution in [2.45, 2.75) is 39.0 Å². The molecule has 0 saturated carbocycles. The number of allylic oxidation sites excluding steroid dienone is 3. The average Bonchev–Trinajstić information content (AvgIpc) is 2.86. The maximum absolute atomic E-state index is 12.4. The minimum atomic E-state index is -0.152. The molecule has 0 aliphatic heterocycles. The molecule has 170 valence electrons. The van der Waals surface area contributed by atoms with Gasteiger partial charge in [-0.1, -0.05) is 68.7 Å². The number of ether oxygens (including phenoxy) is 1. The van der Waals surface area contributed by atoms with Crippen LogP contribution in [0.5, 0.6) is 5.75 Å². The number of amides is 1. The number of unbranched alkanes of at least 4 members (excludes halogenated alkanes) is 3. The second-order valence-electron chi connectivity index (χ2n) is 7.90. The maximum Gasteiger partial charge on any atom is 0.248 e. The molecule has 0 radical (unpaired) electrons. The first-order valence-corrected chi connectivity index (χ1v) is 11.5. The molecule has 1 amide bonds. The van der Waals surface area contributed by atoms with Gasteiger partial charge in [-0.25, -0.2) is 0 Å². The zero-order chi connectivity index (χ0) is 23.3. The Hall–Kier alpha value is -3.66. The summed E-state index contributed by atoms with van der Waals surface area (Å²) in [6.07, 6.45) is 14.8. The van der Waals surface area contributed by atoms with Gasteiger partial charge in [0.25, 0.3) is 0 Å². The molecule has 0 saturated heterocycles. The van der Waals surface area contributed by atoms with E-state index in [0.29, 0.717) is 0 Å². The zero-order valence-corrected chi connectivity index (χ0v) is 19.5. The van der Waals surface area contributed by atoms with Gasteiger partial charge in [-0.15, -0.1) is 0 Å². The third-order valence-corrected chi connectivity index (χ3v) is 5.45. The zero-order valence-electron chi connectivity index (χ0n) is 19.5. The van der Waals surface area contributed by atoms with Crippen LogP contribution in [-0.4, -0.2) is 18.0 Å². The first-order chi connectivity index (χ1) is 16.2. The fourth-order valence-corrected chi connectivity index (χ4v) is 3.59. The van der Waals surface area contributed by atoms with Crippen molar-refractivity contribution in [1.82, 2.24) is 4.98 Å². The normalized spacial score (nSPS) is 11.5. The molecule has 0 aliphatic carbocycles. The summed E-state index contributed by atoms with van der Waals surface area (Å²) in [6.45, 7) is 2.22. The average molecular weight is 441 g/mol. The molecule has 1 heterocycles. The van der Waals surface area contributed by atoms with E-state index in [1.165, 1.54) is 24.8 Å². The summed E-state index contributed by atoms with van der Waals surface area (Å²) in [5.41, 5.74) is 5.25. The minimum absolute atomic E-state index is 0.152. The highest BCUT2D eigenvalue weighted by atomic mass is 16.5. The van der Waals surface area contributed by atoms with E-state index in [4.69, 9.17) is 4.74 Å². The molecule has 1 N–H and O–H groups in total. The number of carbonyl (C=O) groups excluding carboxylic acids is 1. The monoisotopic (exact) mass is 440 g/mol. The number of benzene rings is 2. The van der Waals surface area contributed by atoms with Gasteiger partial charge in [0, 0.05) is 24.2 Å². The molecule has 1 aromatic heterocycles. The van der Waals surface area contributed by atoms with Gasteiger partial charge in [-0.05, 0) is 65.4 Å². The number of methoxy groups -OCH3 is 1. The lowest BCUT2D eigenvalue weighted by atomic mass is 9.98. The molecular weight excluding hydrogens is 408 g/mol. The van der Waals surface area contributed by atoms with Gasteiger partial charge in [0.15, 0.2) is 0 Å². The highest BCUT2D eigenvalue weighted by Crippen LogP contribution is 2.24. The number of rotatable bonds is 11. The van der Waals surface area contributed by atoms with E-state index in [9.17, 15) is 4.79 Å². The fourth-order valence-electron chi connectivity index (χ4n) is 3.59. The lowest BCUT2D eigenvalue weighted by molar-refractivity contribution is -0.111. The van der Waals surface area contributed by atoms with Gasteiger partial charge in [0.2, 0.25) is 5.91 Å². The van der Waals surface area contributed by atoms with Crippen LogP contribution in [0.25, 0.3) is 16.7 Å². The molecule has 0 bridgehead atoms. The highest BCUT2D eigenvalue weighted by Gasteiger charge is 2.03. The molecule has 0 spiro atoms. The van der Waals surface area contributed by atoms with Gasteiger partial charge in [-0.2, -0.15) is 0 Å². The van der Waals surface area contributed by atoms with Crippen molar-refractivity contribution in [3.8, 4) is 16.9 Å². The summed E-state index contributed by atoms with van der Waals surface area (Å²) in [4.78, 5) is 16.6. The fraction of sp³-hybridized carbons (Fsp3) is 0.241. The first-order valence-electron chi connectivity index (χ1n) is 11.5. The van der Waals surface area contributed by atoms with Crippen LogP contribution in [0.4, 0.5) is 5.69 Å². The Morgan fingerprint density at radius 1 is 0.970 bits per heavy atom. The molecule has 0 atom stereocenters. The Bertz CT molecular complexity index is 1050. The SMILES string of the molecule is CCCCCCC(=CC=CC(=O)Nc1ccc(-c2cccnc2)cc1)c1ccc(OC)cc1. The summed E-state index contributed by atoms with van der Waals surface area (Å²) in [7, 11) is 1.67. The molecule has 2 aromatic carbocycles. The van der Waals surface area contributed by atoms with Crippen LogP contribution in [0.15, 0.2) is 91.3 Å². The summed E-state index contributed by atoms with van der Waals surface area (Å²) in [5, 5.41) is 2.92. The highest BCUT2D eigenvalue weighted by molar-refractivity contribution is 5.99. The largest absolute Gasteiger partial charge is 0.497 e. The second kappa shape index (κ2) is 13.0. The van der Waals surface area contributed by atoms with Crippen LogP contribution in [0.1, 0.15) is 44.6 Å². The van der Waals surface area contributed by atoms with Crippen LogP contribution < -0.4 is 10.1 Å². The van der Waals surface area contributed by atoms with Crippen molar-refractivity contribution in [1.29, 1.82) is 0 Å². The Morgan fingerprint density at radius 2 is 1.76 bits per heavy atom. The van der Waals surface area contributed by atoms with Crippen LogP contribution >= 0.6 is 0 Å². The lowest BCUT2D eigenvalue weighted by Crippen LogP contribution is -2.07. The molecule has 3 aromatic rings. The number of hydrogen-bond acceptors (Lipinski definition) is 3. The number of anilines is 1. The van der Waals surface area contributed by atoms with Gasteiger partial charge >= 0.3 is 0 Å². The van der Waals surface area contributed by atoms with Crippen LogP contribution in [0.3, 0.4) is 0 Å². The minimum Gasteiger partial charge on any atom is -0.497 e. The van der Waals surface area contributed by atoms with Crippen LogP contribution in [0.2, 0.25) is 0 Å². The topological polar surface area (TPSA) is 51.2 Å². The van der Waals surface area contributed by atoms with E-state index < -0.39 is 0 Å². The van der Waals surface area contributed by atoms with Crippen LogP contribution in [0, 0.1) is 0 Å². The van der Waals surface area contributed by atoms with Gasteiger partial charge < -0.3 is 10.1 Å². The van der Waals surface area contributed by atoms with E-state index in [-0.39, 0.29) is 5.91 Å². The Morgan fingerprint density at radius 3 is 2.42 bits per heavy atom. The van der Waals surface area contributed by atoms with Crippen LogP contribution in [-0.2, 0) is 4.79 Å². The van der Waals surface area contributed by atoms with Crippen molar-refractivity contribution in [2.75, 3.05) is 12.4 Å². The van der Waals surface area contributed by atoms with Crippen molar-refractivity contribution < 1.29 is 9.53 Å². The number of hydrogen-bond donors (Lipinski definition) is 1. The Balaban J connectivity index is 1.63. The molecule has 0 fully saturated rings. The number of nitrogens with one attached hydrogen (secondary N) is 1. The quantitative estimate of drug-likeness (QED) is 0.193. The molecule has 4 nitrogen and oxygen atoms in total. The van der Waals surface area contributed by atoms with E-state index in [1.54, 1.807) is 19.4 Å². The van der Waals surface area contributed by atoms with Crippen molar-refractivity contribution >= 4 is 17.2 Å². The first kappa shape index (κ1) is 24.0. The third-order valence-electron chi connectivity index (χ3n) is 5.45. The summed E-state index contributed by atoms with van der Waals surface area (Å²) in [6, 6.07) is 19.8. The summed E-state index contributed by atoms with van der Waals surface area (Å²) < 4.78 is 5.27. The lowest BCUT2D eigenvalue weighted by Gasteiger charge is -2.08. The van der Waals surface area contributed by atoms with Crippen molar-refractivity contribution in [3.63, 3.8) is 0 Å². The standard InChI is InChI=1S/C29H32N2O2/c1-3-4-5-6-9-23(24-15-19-28(33-2)20-16-24)10-7-12-29(32)31-27-17-13-25(14-18-27)26-11-8-21-30-22-26/h7-8,10-22H,3-6,9H2,1-2H3,(H,31,32). The number of aromatic nitrogens is 1. The molecular formula is C29H32N2O2. The molecule has 0 unspecified atom stereocenters. The second-order valence-corrected chi connectivity index (χ2v) is 7.90. The maximum atomic E-state index is 12.4. The van der Waals surface area contributed by atoms with E-state index in [1.807, 2.05) is 66.9 Å². The van der Waals surface area contributed by atoms with Gasteiger partial charge in [0.1, 0.15) is 5.75 Å². The van der Waals surface area contributed by atoms with Gasteiger partial charge in [0.05, 0.1) is 7.11 Å². The van der Waals surface area contributed by atoms with Gasteiger partial charge in [-0.3, -0.25) is 9.78 Å². The van der Waals surface area contributed by atoms with E-state index in [0.717, 1.165) is 41.0 Å². The summed E-state index contributed by atoms with van der Waals surface area (Å²) >= 11 is 0. The van der Waals surface area contributed by atoms with E-state index >= 15 is 0 Å². The number of pyridine rings is 1.